The van der Waals surface area contributed by atoms with Gasteiger partial charge in [0.25, 0.3) is 0 Å². The van der Waals surface area contributed by atoms with Crippen LogP contribution in [0.3, 0.4) is 0 Å². The van der Waals surface area contributed by atoms with Crippen LogP contribution in [0.25, 0.3) is 0 Å². The summed E-state index contributed by atoms with van der Waals surface area (Å²) in [4.78, 5) is 0. The smallest absolute Gasteiger partial charge is 0.344 e. The van der Waals surface area contributed by atoms with E-state index in [1.807, 2.05) is 14.2 Å². The highest BCUT2D eigenvalue weighted by Gasteiger charge is 2.70. The Morgan fingerprint density at radius 3 is 1.47 bits per heavy atom. The zero-order chi connectivity index (χ0) is 11.6. The molecule has 2 nitrogen and oxygen atoms in total. The van der Waals surface area contributed by atoms with Crippen LogP contribution >= 0.6 is 0 Å². The minimum absolute atomic E-state index is 0.846. The average Bonchev–Trinajstić information content (AvgIpc) is 3.22. The lowest BCUT2D eigenvalue weighted by molar-refractivity contribution is 0.232. The van der Waals surface area contributed by atoms with Gasteiger partial charge in [-0.2, -0.15) is 0 Å². The maximum Gasteiger partial charge on any atom is 0.344 e. The number of hydrogen-bond donors (Lipinski definition) is 0. The molecule has 0 aliphatic heterocycles. The molecule has 4 unspecified atom stereocenters. The highest BCUT2D eigenvalue weighted by atomic mass is 28.4. The first-order valence-electron chi connectivity index (χ1n) is 7.40. The van der Waals surface area contributed by atoms with E-state index in [-0.39, 0.29) is 0 Å². The molecule has 4 atom stereocenters. The van der Waals surface area contributed by atoms with Gasteiger partial charge < -0.3 is 8.85 Å². The van der Waals surface area contributed by atoms with Crippen molar-refractivity contribution in [1.29, 1.82) is 0 Å². The van der Waals surface area contributed by atoms with E-state index < -0.39 is 8.56 Å². The van der Waals surface area contributed by atoms with Gasteiger partial charge in [0.1, 0.15) is 0 Å². The Balaban J connectivity index is 1.49. The minimum atomic E-state index is -1.85. The SMILES string of the molecule is CO[Si](OC)(C1CC1C1CC1)C1CC1C1CC1. The van der Waals surface area contributed by atoms with E-state index >= 15 is 0 Å². The summed E-state index contributed by atoms with van der Waals surface area (Å²) in [5, 5.41) is 0. The molecule has 96 valence electrons. The van der Waals surface area contributed by atoms with Gasteiger partial charge >= 0.3 is 8.56 Å². The third kappa shape index (κ3) is 1.66. The van der Waals surface area contributed by atoms with Crippen molar-refractivity contribution in [3.63, 3.8) is 0 Å². The van der Waals surface area contributed by atoms with Gasteiger partial charge in [-0.3, -0.25) is 0 Å². The van der Waals surface area contributed by atoms with Crippen molar-refractivity contribution >= 4 is 8.56 Å². The van der Waals surface area contributed by atoms with Crippen LogP contribution in [-0.4, -0.2) is 22.8 Å². The van der Waals surface area contributed by atoms with Crippen molar-refractivity contribution in [2.45, 2.75) is 49.6 Å². The molecular weight excluding hydrogens is 228 g/mol. The van der Waals surface area contributed by atoms with E-state index in [0.717, 1.165) is 34.8 Å². The maximum atomic E-state index is 6.07. The molecule has 0 heterocycles. The van der Waals surface area contributed by atoms with Gasteiger partial charge in [0.2, 0.25) is 0 Å². The molecule has 0 aromatic rings. The Morgan fingerprint density at radius 1 is 0.765 bits per heavy atom. The van der Waals surface area contributed by atoms with Gasteiger partial charge in [0.05, 0.1) is 0 Å². The van der Waals surface area contributed by atoms with Crippen molar-refractivity contribution in [2.75, 3.05) is 14.2 Å². The van der Waals surface area contributed by atoms with Gasteiger partial charge in [-0.1, -0.05) is 0 Å². The molecule has 0 aromatic heterocycles. The van der Waals surface area contributed by atoms with Crippen molar-refractivity contribution in [2.24, 2.45) is 23.7 Å². The summed E-state index contributed by atoms with van der Waals surface area (Å²) in [6, 6.07) is 0. The molecule has 17 heavy (non-hydrogen) atoms. The Bertz CT molecular complexity index is 292. The first-order valence-corrected chi connectivity index (χ1v) is 9.37. The summed E-state index contributed by atoms with van der Waals surface area (Å²) >= 11 is 0. The normalized spacial score (nSPS) is 44.8. The highest BCUT2D eigenvalue weighted by Crippen LogP contribution is 2.71. The molecule has 0 N–H and O–H groups in total. The summed E-state index contributed by atoms with van der Waals surface area (Å²) in [5.41, 5.74) is 1.69. The van der Waals surface area contributed by atoms with Crippen molar-refractivity contribution in [1.82, 2.24) is 0 Å². The largest absolute Gasteiger partial charge is 0.397 e. The molecule has 0 bridgehead atoms. The number of hydrogen-bond acceptors (Lipinski definition) is 2. The number of rotatable bonds is 6. The van der Waals surface area contributed by atoms with E-state index in [2.05, 4.69) is 0 Å². The van der Waals surface area contributed by atoms with Gasteiger partial charge in [0, 0.05) is 25.3 Å². The van der Waals surface area contributed by atoms with Crippen molar-refractivity contribution in [3.05, 3.63) is 0 Å². The Morgan fingerprint density at radius 2 is 1.18 bits per heavy atom. The third-order valence-corrected chi connectivity index (χ3v) is 10.5. The monoisotopic (exact) mass is 252 g/mol. The zero-order valence-electron chi connectivity index (χ0n) is 11.0. The summed E-state index contributed by atoms with van der Waals surface area (Å²) in [6.45, 7) is 0. The lowest BCUT2D eigenvalue weighted by atomic mass is 10.3. The van der Waals surface area contributed by atoms with Crippen molar-refractivity contribution in [3.8, 4) is 0 Å². The summed E-state index contributed by atoms with van der Waals surface area (Å²) in [6.07, 6.45) is 8.77. The molecule has 0 amide bonds. The maximum absolute atomic E-state index is 6.07. The second-order valence-corrected chi connectivity index (χ2v) is 10.6. The van der Waals surface area contributed by atoms with E-state index in [0.29, 0.717) is 0 Å². The summed E-state index contributed by atoms with van der Waals surface area (Å²) in [5.74, 6) is 4.08. The van der Waals surface area contributed by atoms with E-state index in [1.165, 1.54) is 38.5 Å². The molecule has 0 radical (unpaired) electrons. The molecular formula is C14H24O2Si. The molecule has 4 rings (SSSR count). The molecule has 4 aliphatic carbocycles. The zero-order valence-corrected chi connectivity index (χ0v) is 12.0. The van der Waals surface area contributed by atoms with Crippen LogP contribution in [0.5, 0.6) is 0 Å². The van der Waals surface area contributed by atoms with Gasteiger partial charge in [-0.05, 0) is 62.2 Å². The predicted molar refractivity (Wildman–Crippen MR) is 68.9 cm³/mol. The van der Waals surface area contributed by atoms with Crippen LogP contribution < -0.4 is 0 Å². The second-order valence-electron chi connectivity index (χ2n) is 6.82. The van der Waals surface area contributed by atoms with Crippen LogP contribution in [0, 0.1) is 23.7 Å². The van der Waals surface area contributed by atoms with E-state index in [1.54, 1.807) is 0 Å². The molecule has 3 heteroatoms. The molecule has 4 saturated carbocycles. The molecule has 0 saturated heterocycles. The van der Waals surface area contributed by atoms with Crippen LogP contribution in [-0.2, 0) is 8.85 Å². The third-order valence-electron chi connectivity index (χ3n) is 5.81. The van der Waals surface area contributed by atoms with Gasteiger partial charge in [0.15, 0.2) is 0 Å². The Labute approximate surface area is 105 Å². The first kappa shape index (κ1) is 11.0. The van der Waals surface area contributed by atoms with Gasteiger partial charge in [-0.25, -0.2) is 0 Å². The fourth-order valence-corrected chi connectivity index (χ4v) is 9.28. The van der Waals surface area contributed by atoms with Crippen LogP contribution in [0.1, 0.15) is 38.5 Å². The second kappa shape index (κ2) is 3.58. The van der Waals surface area contributed by atoms with Crippen LogP contribution in [0.4, 0.5) is 0 Å². The van der Waals surface area contributed by atoms with E-state index in [4.69, 9.17) is 8.85 Å². The fraction of sp³-hybridized carbons (Fsp3) is 1.00. The molecule has 0 aromatic carbocycles. The summed E-state index contributed by atoms with van der Waals surface area (Å²) < 4.78 is 12.1. The lowest BCUT2D eigenvalue weighted by Gasteiger charge is -2.29. The molecule has 4 fully saturated rings. The quantitative estimate of drug-likeness (QED) is 0.675. The first-order chi connectivity index (χ1) is 8.30. The van der Waals surface area contributed by atoms with Crippen molar-refractivity contribution < 1.29 is 8.85 Å². The summed E-state index contributed by atoms with van der Waals surface area (Å²) in [7, 11) is 2.01. The predicted octanol–water partition coefficient (Wildman–Crippen LogP) is 3.32. The average molecular weight is 252 g/mol. The molecule has 4 aliphatic rings. The van der Waals surface area contributed by atoms with Crippen LogP contribution in [0.2, 0.25) is 11.1 Å². The lowest BCUT2D eigenvalue weighted by Crippen LogP contribution is -2.43. The topological polar surface area (TPSA) is 18.5 Å². The molecule has 0 spiro atoms. The van der Waals surface area contributed by atoms with E-state index in [9.17, 15) is 0 Å². The minimum Gasteiger partial charge on any atom is -0.397 e. The Hall–Kier alpha value is 0.137. The highest BCUT2D eigenvalue weighted by molar-refractivity contribution is 6.72. The van der Waals surface area contributed by atoms with Crippen LogP contribution in [0.15, 0.2) is 0 Å². The van der Waals surface area contributed by atoms with Gasteiger partial charge in [-0.15, -0.1) is 0 Å². The Kier molecular flexibility index (Phi) is 2.32. The fourth-order valence-electron chi connectivity index (χ4n) is 4.41. The standard InChI is InChI=1S/C14H24O2Si/c1-15-17(16-2,13-7-11(13)9-3-4-9)14-8-12(14)10-5-6-10/h9-14H,3-8H2,1-2H3.